The molecule has 4 N–H and O–H groups in total. The highest BCUT2D eigenvalue weighted by Gasteiger charge is 2.51. The van der Waals surface area contributed by atoms with Crippen LogP contribution in [0, 0.1) is 29.6 Å². The van der Waals surface area contributed by atoms with Crippen molar-refractivity contribution in [1.82, 2.24) is 0 Å². The monoisotopic (exact) mass is 404 g/mol. The molecule has 0 aromatic heterocycles. The summed E-state index contributed by atoms with van der Waals surface area (Å²) in [5.41, 5.74) is 0.846. The van der Waals surface area contributed by atoms with Gasteiger partial charge in [-0.2, -0.15) is 8.42 Å². The molecule has 154 valence electrons. The Morgan fingerprint density at radius 3 is 2.41 bits per heavy atom. The predicted molar refractivity (Wildman–Crippen MR) is 95.1 cm³/mol. The van der Waals surface area contributed by atoms with Crippen LogP contribution in [0.25, 0.3) is 0 Å². The summed E-state index contributed by atoms with van der Waals surface area (Å²) in [6, 6.07) is 0. The molecular weight excluding hydrogens is 376 g/mol. The van der Waals surface area contributed by atoms with Gasteiger partial charge in [0.1, 0.15) is 23.9 Å². The summed E-state index contributed by atoms with van der Waals surface area (Å²) in [5, 5.41) is 28.4. The largest absolute Gasteiger partial charge is 0.463 e. The van der Waals surface area contributed by atoms with Gasteiger partial charge in [-0.25, -0.2) is 0 Å². The highest BCUT2D eigenvalue weighted by molar-refractivity contribution is 7.86. The van der Waals surface area contributed by atoms with E-state index in [9.17, 15) is 33.1 Å². The summed E-state index contributed by atoms with van der Waals surface area (Å²) in [6.07, 6.45) is 0.632. The van der Waals surface area contributed by atoms with E-state index in [2.05, 4.69) is 6.58 Å². The van der Waals surface area contributed by atoms with Crippen molar-refractivity contribution in [2.24, 2.45) is 29.6 Å². The molecule has 9 heteroatoms. The van der Waals surface area contributed by atoms with Gasteiger partial charge in [-0.05, 0) is 49.9 Å². The lowest BCUT2D eigenvalue weighted by Crippen LogP contribution is -2.47. The quantitative estimate of drug-likeness (QED) is 0.288. The third-order valence-corrected chi connectivity index (χ3v) is 8.04. The SMILES string of the molecule is C=C1CCC2C(CC[C@@H](O)[C@H]2CO)[C@@H]1CC(C1C(=O)OCC1O)S(=O)(=O)O. The Kier molecular flexibility index (Phi) is 5.98. The summed E-state index contributed by atoms with van der Waals surface area (Å²) >= 11 is 0. The van der Waals surface area contributed by atoms with E-state index in [4.69, 9.17) is 4.74 Å². The second kappa shape index (κ2) is 7.79. The van der Waals surface area contributed by atoms with Crippen molar-refractivity contribution in [2.45, 2.75) is 49.6 Å². The molecule has 0 aromatic rings. The molecule has 3 aliphatic rings. The topological polar surface area (TPSA) is 141 Å². The minimum absolute atomic E-state index is 0.00520. The molecule has 0 amide bonds. The van der Waals surface area contributed by atoms with Gasteiger partial charge in [-0.1, -0.05) is 12.2 Å². The van der Waals surface area contributed by atoms with E-state index in [0.29, 0.717) is 19.3 Å². The third kappa shape index (κ3) is 3.93. The highest BCUT2D eigenvalue weighted by Crippen LogP contribution is 2.50. The molecule has 1 saturated heterocycles. The number of carbonyl (C=O) groups is 1. The van der Waals surface area contributed by atoms with Gasteiger partial charge in [-0.15, -0.1) is 0 Å². The molecule has 3 fully saturated rings. The molecule has 8 atom stereocenters. The first-order valence-electron chi connectivity index (χ1n) is 9.42. The van der Waals surface area contributed by atoms with Crippen LogP contribution in [0.4, 0.5) is 0 Å². The Balaban J connectivity index is 1.88. The molecule has 2 aliphatic carbocycles. The van der Waals surface area contributed by atoms with Crippen LogP contribution in [0.15, 0.2) is 12.2 Å². The summed E-state index contributed by atoms with van der Waals surface area (Å²) in [5.74, 6) is -2.67. The van der Waals surface area contributed by atoms with Crippen molar-refractivity contribution < 1.29 is 37.8 Å². The molecule has 27 heavy (non-hydrogen) atoms. The van der Waals surface area contributed by atoms with Gasteiger partial charge in [0.2, 0.25) is 0 Å². The van der Waals surface area contributed by atoms with Crippen LogP contribution in [-0.2, 0) is 19.6 Å². The van der Waals surface area contributed by atoms with Crippen LogP contribution in [0.3, 0.4) is 0 Å². The van der Waals surface area contributed by atoms with Crippen molar-refractivity contribution >= 4 is 16.1 Å². The lowest BCUT2D eigenvalue weighted by molar-refractivity contribution is -0.141. The number of cyclic esters (lactones) is 1. The van der Waals surface area contributed by atoms with Gasteiger partial charge in [0.25, 0.3) is 10.1 Å². The van der Waals surface area contributed by atoms with Crippen LogP contribution in [-0.4, -0.2) is 64.9 Å². The first-order chi connectivity index (χ1) is 12.6. The number of allylic oxidation sites excluding steroid dienone is 1. The Morgan fingerprint density at radius 1 is 1.15 bits per heavy atom. The van der Waals surface area contributed by atoms with Crippen molar-refractivity contribution in [1.29, 1.82) is 0 Å². The Morgan fingerprint density at radius 2 is 1.85 bits per heavy atom. The number of fused-ring (bicyclic) bond motifs is 1. The molecule has 1 aliphatic heterocycles. The molecule has 8 nitrogen and oxygen atoms in total. The lowest BCUT2D eigenvalue weighted by Gasteiger charge is -2.48. The Labute approximate surface area is 159 Å². The molecule has 3 rings (SSSR count). The van der Waals surface area contributed by atoms with Crippen LogP contribution in [0.5, 0.6) is 0 Å². The van der Waals surface area contributed by atoms with E-state index in [-0.39, 0.29) is 43.3 Å². The standard InChI is InChI=1S/C18H28O8S/c1-9-2-3-11-10(4-5-14(20)13(11)7-19)12(9)6-16(27(23,24)25)17-15(21)8-26-18(17)22/h10-17,19-21H,1-8H2,(H,23,24,25)/t10?,11?,12-,13+,14-,15?,16?,17?/m1/s1. The van der Waals surface area contributed by atoms with E-state index in [0.717, 1.165) is 12.0 Å². The molecule has 0 bridgehead atoms. The number of carbonyl (C=O) groups excluding carboxylic acids is 1. The predicted octanol–water partition coefficient (Wildman–Crippen LogP) is 0.129. The van der Waals surface area contributed by atoms with Crippen LogP contribution in [0.1, 0.15) is 32.1 Å². The van der Waals surface area contributed by atoms with Gasteiger partial charge in [-0.3, -0.25) is 9.35 Å². The fraction of sp³-hybridized carbons (Fsp3) is 0.833. The minimum Gasteiger partial charge on any atom is -0.463 e. The van der Waals surface area contributed by atoms with Crippen molar-refractivity contribution in [2.75, 3.05) is 13.2 Å². The Bertz CT molecular complexity index is 689. The first-order valence-corrected chi connectivity index (χ1v) is 10.9. The van der Waals surface area contributed by atoms with Crippen molar-refractivity contribution in [3.05, 3.63) is 12.2 Å². The molecule has 1 heterocycles. The average molecular weight is 404 g/mol. The maximum Gasteiger partial charge on any atom is 0.313 e. The second-order valence-corrected chi connectivity index (χ2v) is 9.77. The number of aliphatic hydroxyl groups excluding tert-OH is 3. The van der Waals surface area contributed by atoms with Crippen molar-refractivity contribution in [3.8, 4) is 0 Å². The number of ether oxygens (including phenoxy) is 1. The smallest absolute Gasteiger partial charge is 0.313 e. The molecular formula is C18H28O8S. The molecule has 5 unspecified atom stereocenters. The molecule has 2 saturated carbocycles. The summed E-state index contributed by atoms with van der Waals surface area (Å²) in [7, 11) is -4.61. The second-order valence-electron chi connectivity index (χ2n) is 8.13. The fourth-order valence-corrected chi connectivity index (χ4v) is 6.50. The van der Waals surface area contributed by atoms with Crippen LogP contribution in [0.2, 0.25) is 0 Å². The number of rotatable bonds is 5. The van der Waals surface area contributed by atoms with Gasteiger partial charge in [0.05, 0.1) is 6.10 Å². The Hall–Kier alpha value is -1.00. The third-order valence-electron chi connectivity index (χ3n) is 6.79. The normalized spacial score (nSPS) is 41.1. The zero-order chi connectivity index (χ0) is 19.9. The number of hydrogen-bond donors (Lipinski definition) is 4. The number of esters is 1. The van der Waals surface area contributed by atoms with E-state index in [1.54, 1.807) is 0 Å². The summed E-state index contributed by atoms with van der Waals surface area (Å²) < 4.78 is 38.6. The maximum atomic E-state index is 12.0. The lowest BCUT2D eigenvalue weighted by atomic mass is 9.58. The molecule has 0 radical (unpaired) electrons. The molecule has 0 aromatic carbocycles. The highest BCUT2D eigenvalue weighted by atomic mass is 32.2. The van der Waals surface area contributed by atoms with Gasteiger partial charge < -0.3 is 20.1 Å². The summed E-state index contributed by atoms with van der Waals surface area (Å²) in [6.45, 7) is 3.65. The number of aliphatic hydroxyl groups is 3. The van der Waals surface area contributed by atoms with E-state index < -0.39 is 39.5 Å². The summed E-state index contributed by atoms with van der Waals surface area (Å²) in [4.78, 5) is 12.0. The van der Waals surface area contributed by atoms with Gasteiger partial charge in [0.15, 0.2) is 0 Å². The first kappa shape index (κ1) is 20.7. The molecule has 0 spiro atoms. The minimum atomic E-state index is -4.61. The van der Waals surface area contributed by atoms with E-state index in [1.165, 1.54) is 0 Å². The number of hydrogen-bond acceptors (Lipinski definition) is 7. The zero-order valence-electron chi connectivity index (χ0n) is 15.1. The van der Waals surface area contributed by atoms with Gasteiger partial charge >= 0.3 is 5.97 Å². The van der Waals surface area contributed by atoms with Crippen LogP contribution >= 0.6 is 0 Å². The van der Waals surface area contributed by atoms with Gasteiger partial charge in [0, 0.05) is 12.5 Å². The van der Waals surface area contributed by atoms with E-state index in [1.807, 2.05) is 0 Å². The van der Waals surface area contributed by atoms with E-state index >= 15 is 0 Å². The maximum absolute atomic E-state index is 12.0. The van der Waals surface area contributed by atoms with Crippen LogP contribution < -0.4 is 0 Å². The average Bonchev–Trinajstić information content (AvgIpc) is 2.91. The fourth-order valence-electron chi connectivity index (χ4n) is 5.39. The van der Waals surface area contributed by atoms with Crippen molar-refractivity contribution in [3.63, 3.8) is 0 Å². The zero-order valence-corrected chi connectivity index (χ0v) is 15.9.